The Morgan fingerprint density at radius 2 is 1.97 bits per heavy atom. The van der Waals surface area contributed by atoms with E-state index in [0.717, 1.165) is 6.07 Å². The van der Waals surface area contributed by atoms with Gasteiger partial charge in [-0.1, -0.05) is 16.8 Å². The predicted molar refractivity (Wildman–Crippen MR) is 103 cm³/mol. The number of methoxy groups -OCH3 is 1. The molecule has 0 atom stereocenters. The number of phenols is 3. The molecule has 0 bridgehead atoms. The topological polar surface area (TPSA) is 116 Å². The Bertz CT molecular complexity index is 1110. The van der Waals surface area contributed by atoms with Crippen LogP contribution in [0.15, 0.2) is 34.9 Å². The molecule has 8 nitrogen and oxygen atoms in total. The molecule has 0 radical (unpaired) electrons. The zero-order valence-corrected chi connectivity index (χ0v) is 16.1. The molecule has 0 fully saturated rings. The van der Waals surface area contributed by atoms with E-state index in [2.05, 4.69) is 5.16 Å². The Kier molecular flexibility index (Phi) is 4.71. The zero-order chi connectivity index (χ0) is 20.7. The number of carbonyl (C=O) groups excluding carboxylic acids is 1. The lowest BCUT2D eigenvalue weighted by molar-refractivity contribution is 0.0734. The van der Waals surface area contributed by atoms with Crippen molar-refractivity contribution >= 4 is 17.5 Å². The lowest BCUT2D eigenvalue weighted by Crippen LogP contribution is -2.35. The number of amides is 1. The number of aromatic hydroxyl groups is 3. The van der Waals surface area contributed by atoms with E-state index < -0.39 is 0 Å². The maximum absolute atomic E-state index is 13.0. The van der Waals surface area contributed by atoms with Gasteiger partial charge in [-0.3, -0.25) is 4.79 Å². The summed E-state index contributed by atoms with van der Waals surface area (Å²) >= 11 is 5.97. The molecule has 1 amide bonds. The number of aromatic nitrogens is 1. The number of benzene rings is 2. The number of hydrogen-bond acceptors (Lipinski definition) is 7. The van der Waals surface area contributed by atoms with Crippen molar-refractivity contribution in [3.63, 3.8) is 0 Å². The summed E-state index contributed by atoms with van der Waals surface area (Å²) in [5.41, 5.74) is 2.00. The van der Waals surface area contributed by atoms with E-state index in [4.69, 9.17) is 20.9 Å². The van der Waals surface area contributed by atoms with Crippen molar-refractivity contribution in [2.24, 2.45) is 0 Å². The maximum atomic E-state index is 13.0. The molecular weight excluding hydrogens is 400 g/mol. The number of rotatable bonds is 3. The standard InChI is InChI=1S/C20H17ClN2O6/c1-28-18-6-10(2-3-15(18)24)20(27)23-5-4-14-12(9-23)19(29-22-14)11-7-13(21)17(26)8-16(11)25/h2-3,6-8,24-26H,4-5,9H2,1H3. The molecule has 0 saturated carbocycles. The number of nitrogens with zero attached hydrogens (tertiary/aromatic N) is 2. The molecule has 0 unspecified atom stereocenters. The quantitative estimate of drug-likeness (QED) is 0.599. The Balaban J connectivity index is 1.66. The van der Waals surface area contributed by atoms with Crippen LogP contribution in [0.25, 0.3) is 11.3 Å². The van der Waals surface area contributed by atoms with Crippen LogP contribution in [-0.2, 0) is 13.0 Å². The second kappa shape index (κ2) is 7.21. The number of phenolic OH excluding ortho intramolecular Hbond substituents is 3. The zero-order valence-electron chi connectivity index (χ0n) is 15.3. The fourth-order valence-electron chi connectivity index (χ4n) is 3.32. The van der Waals surface area contributed by atoms with E-state index in [1.54, 1.807) is 4.90 Å². The van der Waals surface area contributed by atoms with Gasteiger partial charge in [0.1, 0.15) is 11.5 Å². The highest BCUT2D eigenvalue weighted by Crippen LogP contribution is 2.40. The van der Waals surface area contributed by atoms with Gasteiger partial charge in [0.05, 0.1) is 29.9 Å². The van der Waals surface area contributed by atoms with Gasteiger partial charge in [0.2, 0.25) is 0 Å². The van der Waals surface area contributed by atoms with E-state index in [9.17, 15) is 20.1 Å². The first kappa shape index (κ1) is 18.9. The van der Waals surface area contributed by atoms with Crippen molar-refractivity contribution in [3.05, 3.63) is 52.2 Å². The lowest BCUT2D eigenvalue weighted by atomic mass is 10.00. The largest absolute Gasteiger partial charge is 0.507 e. The van der Waals surface area contributed by atoms with Crippen molar-refractivity contribution in [2.45, 2.75) is 13.0 Å². The van der Waals surface area contributed by atoms with Crippen LogP contribution in [0.3, 0.4) is 0 Å². The highest BCUT2D eigenvalue weighted by Gasteiger charge is 2.29. The van der Waals surface area contributed by atoms with E-state index in [1.165, 1.54) is 31.4 Å². The predicted octanol–water partition coefficient (Wildman–Crippen LogP) is 3.32. The van der Waals surface area contributed by atoms with Gasteiger partial charge >= 0.3 is 0 Å². The monoisotopic (exact) mass is 416 g/mol. The summed E-state index contributed by atoms with van der Waals surface area (Å²) in [5.74, 6) is -0.250. The van der Waals surface area contributed by atoms with Gasteiger partial charge in [-0.2, -0.15) is 0 Å². The first-order valence-electron chi connectivity index (χ1n) is 8.74. The number of ether oxygens (including phenoxy) is 1. The minimum atomic E-state index is -0.251. The third-order valence-corrected chi connectivity index (χ3v) is 5.16. The third-order valence-electron chi connectivity index (χ3n) is 4.86. The summed E-state index contributed by atoms with van der Waals surface area (Å²) in [7, 11) is 1.41. The van der Waals surface area contributed by atoms with E-state index in [-0.39, 0.29) is 46.0 Å². The molecule has 1 aromatic heterocycles. The van der Waals surface area contributed by atoms with Gasteiger partial charge in [0, 0.05) is 30.2 Å². The Morgan fingerprint density at radius 1 is 1.17 bits per heavy atom. The minimum absolute atomic E-state index is 0.0500. The molecule has 4 rings (SSSR count). The molecule has 9 heteroatoms. The van der Waals surface area contributed by atoms with Crippen molar-refractivity contribution in [2.75, 3.05) is 13.7 Å². The van der Waals surface area contributed by atoms with Gasteiger partial charge in [-0.25, -0.2) is 0 Å². The fourth-order valence-corrected chi connectivity index (χ4v) is 3.49. The SMILES string of the molecule is COc1cc(C(=O)N2CCc3noc(-c4cc(Cl)c(O)cc4O)c3C2)ccc1O. The number of fused-ring (bicyclic) bond motifs is 1. The first-order chi connectivity index (χ1) is 13.9. The van der Waals surface area contributed by atoms with Crippen LogP contribution in [-0.4, -0.2) is 44.9 Å². The van der Waals surface area contributed by atoms with Gasteiger partial charge in [-0.15, -0.1) is 0 Å². The average Bonchev–Trinajstić information content (AvgIpc) is 3.13. The molecule has 1 aliphatic heterocycles. The van der Waals surface area contributed by atoms with Gasteiger partial charge in [0.15, 0.2) is 17.3 Å². The summed E-state index contributed by atoms with van der Waals surface area (Å²) in [6, 6.07) is 6.92. The van der Waals surface area contributed by atoms with Crippen LogP contribution in [0.5, 0.6) is 23.0 Å². The van der Waals surface area contributed by atoms with Crippen molar-refractivity contribution in [1.29, 1.82) is 0 Å². The summed E-state index contributed by atoms with van der Waals surface area (Å²) in [6.45, 7) is 0.650. The molecule has 3 aromatic rings. The average molecular weight is 417 g/mol. The smallest absolute Gasteiger partial charge is 0.254 e. The molecule has 2 heterocycles. The van der Waals surface area contributed by atoms with Gasteiger partial charge in [-0.05, 0) is 24.3 Å². The van der Waals surface area contributed by atoms with Crippen LogP contribution in [0.2, 0.25) is 5.02 Å². The fraction of sp³-hybridized carbons (Fsp3) is 0.200. The number of carbonyl (C=O) groups is 1. The Hall–Kier alpha value is -3.39. The highest BCUT2D eigenvalue weighted by atomic mass is 35.5. The van der Waals surface area contributed by atoms with Crippen LogP contribution < -0.4 is 4.74 Å². The van der Waals surface area contributed by atoms with E-state index in [0.29, 0.717) is 35.5 Å². The second-order valence-corrected chi connectivity index (χ2v) is 7.03. The molecular formula is C20H17ClN2O6. The lowest BCUT2D eigenvalue weighted by Gasteiger charge is -2.26. The maximum Gasteiger partial charge on any atom is 0.254 e. The van der Waals surface area contributed by atoms with Crippen molar-refractivity contribution < 1.29 is 29.4 Å². The van der Waals surface area contributed by atoms with Crippen molar-refractivity contribution in [1.82, 2.24) is 10.1 Å². The molecule has 1 aliphatic rings. The molecule has 0 spiro atoms. The molecule has 0 aliphatic carbocycles. The minimum Gasteiger partial charge on any atom is -0.507 e. The summed E-state index contributed by atoms with van der Waals surface area (Å²) in [5, 5.41) is 33.7. The first-order valence-corrected chi connectivity index (χ1v) is 9.12. The molecule has 150 valence electrons. The van der Waals surface area contributed by atoms with Gasteiger partial charge < -0.3 is 29.5 Å². The summed E-state index contributed by atoms with van der Waals surface area (Å²) in [4.78, 5) is 14.6. The molecule has 29 heavy (non-hydrogen) atoms. The van der Waals surface area contributed by atoms with E-state index in [1.807, 2.05) is 0 Å². The molecule has 3 N–H and O–H groups in total. The van der Waals surface area contributed by atoms with Crippen molar-refractivity contribution in [3.8, 4) is 34.3 Å². The normalized spacial score (nSPS) is 13.2. The second-order valence-electron chi connectivity index (χ2n) is 6.62. The summed E-state index contributed by atoms with van der Waals surface area (Å²) < 4.78 is 10.5. The van der Waals surface area contributed by atoms with E-state index >= 15 is 0 Å². The molecule has 2 aromatic carbocycles. The number of halogens is 1. The van der Waals surface area contributed by atoms with Crippen LogP contribution in [0, 0.1) is 0 Å². The highest BCUT2D eigenvalue weighted by molar-refractivity contribution is 6.32. The Morgan fingerprint density at radius 3 is 2.72 bits per heavy atom. The van der Waals surface area contributed by atoms with Crippen LogP contribution in [0.1, 0.15) is 21.6 Å². The third kappa shape index (κ3) is 3.31. The van der Waals surface area contributed by atoms with Crippen LogP contribution in [0.4, 0.5) is 0 Å². The Labute approximate surface area is 170 Å². The summed E-state index contributed by atoms with van der Waals surface area (Å²) in [6.07, 6.45) is 0.479. The van der Waals surface area contributed by atoms with Crippen LogP contribution >= 0.6 is 11.6 Å². The van der Waals surface area contributed by atoms with Gasteiger partial charge in [0.25, 0.3) is 5.91 Å². The molecule has 0 saturated heterocycles. The number of hydrogen-bond donors (Lipinski definition) is 3.